The van der Waals surface area contributed by atoms with Crippen LogP contribution in [-0.2, 0) is 4.74 Å². The maximum atomic E-state index is 5.84. The van der Waals surface area contributed by atoms with Gasteiger partial charge in [0, 0.05) is 32.4 Å². The van der Waals surface area contributed by atoms with Crippen LogP contribution in [-0.4, -0.2) is 63.8 Å². The van der Waals surface area contributed by atoms with Crippen LogP contribution in [0.25, 0.3) is 5.82 Å². The Morgan fingerprint density at radius 2 is 2.17 bits per heavy atom. The maximum absolute atomic E-state index is 5.84. The lowest BCUT2D eigenvalue weighted by atomic mass is 10.2. The van der Waals surface area contributed by atoms with Crippen LogP contribution in [0.2, 0.25) is 0 Å². The molecule has 1 aliphatic heterocycles. The third kappa shape index (κ3) is 4.52. The Morgan fingerprint density at radius 3 is 2.83 bits per heavy atom. The number of aromatic nitrogens is 4. The second-order valence-corrected chi connectivity index (χ2v) is 6.71. The molecule has 3 heterocycles. The number of nitrogens with one attached hydrogen (secondary N) is 1. The summed E-state index contributed by atoms with van der Waals surface area (Å²) in [6.45, 7) is 11.1. The number of aryl methyl sites for hydroxylation is 1. The van der Waals surface area contributed by atoms with Gasteiger partial charge in [-0.15, -0.1) is 10.2 Å². The fraction of sp³-hybridized carbons (Fsp3) is 0.588. The first-order valence-electron chi connectivity index (χ1n) is 8.54. The zero-order valence-corrected chi connectivity index (χ0v) is 14.6. The van der Waals surface area contributed by atoms with Gasteiger partial charge in [0.25, 0.3) is 0 Å². The smallest absolute Gasteiger partial charge is 0.175 e. The van der Waals surface area contributed by atoms with Gasteiger partial charge in [0.1, 0.15) is 5.82 Å². The molecule has 0 spiro atoms. The first-order valence-corrected chi connectivity index (χ1v) is 8.54. The molecule has 1 fully saturated rings. The summed E-state index contributed by atoms with van der Waals surface area (Å²) < 4.78 is 7.56. The average Bonchev–Trinajstić information content (AvgIpc) is 3.00. The summed E-state index contributed by atoms with van der Waals surface area (Å²) in [6.07, 6.45) is 2.07. The molecule has 1 saturated heterocycles. The molecule has 0 bridgehead atoms. The summed E-state index contributed by atoms with van der Waals surface area (Å²) >= 11 is 0. The molecule has 0 amide bonds. The first-order chi connectivity index (χ1) is 11.6. The standard InChI is InChI=1S/C17H26N6O/c1-13(2)11-22-8-9-24-15(12-22)10-18-16-4-5-17(20-19-16)23-7-6-14(3)21-23/h4-7,13,15H,8-12H2,1-3H3,(H,18,19). The molecule has 0 saturated carbocycles. The highest BCUT2D eigenvalue weighted by Gasteiger charge is 2.20. The topological polar surface area (TPSA) is 68.1 Å². The summed E-state index contributed by atoms with van der Waals surface area (Å²) in [5.74, 6) is 2.15. The highest BCUT2D eigenvalue weighted by atomic mass is 16.5. The number of morpholine rings is 1. The van der Waals surface area contributed by atoms with Crippen molar-refractivity contribution in [1.82, 2.24) is 24.9 Å². The van der Waals surface area contributed by atoms with Crippen LogP contribution in [0.5, 0.6) is 0 Å². The summed E-state index contributed by atoms with van der Waals surface area (Å²) in [4.78, 5) is 2.47. The minimum atomic E-state index is 0.188. The number of nitrogens with zero attached hydrogens (tertiary/aromatic N) is 5. The van der Waals surface area contributed by atoms with E-state index in [4.69, 9.17) is 4.74 Å². The van der Waals surface area contributed by atoms with Crippen molar-refractivity contribution < 1.29 is 4.74 Å². The Hall–Kier alpha value is -1.99. The van der Waals surface area contributed by atoms with E-state index >= 15 is 0 Å². The van der Waals surface area contributed by atoms with Gasteiger partial charge < -0.3 is 10.1 Å². The van der Waals surface area contributed by atoms with Crippen LogP contribution in [0.3, 0.4) is 0 Å². The van der Waals surface area contributed by atoms with Crippen LogP contribution in [0, 0.1) is 12.8 Å². The van der Waals surface area contributed by atoms with Crippen molar-refractivity contribution in [3.63, 3.8) is 0 Å². The third-order valence-corrected chi connectivity index (χ3v) is 3.96. The molecule has 1 N–H and O–H groups in total. The second-order valence-electron chi connectivity index (χ2n) is 6.71. The predicted octanol–water partition coefficient (Wildman–Crippen LogP) is 1.74. The van der Waals surface area contributed by atoms with Crippen molar-refractivity contribution in [3.8, 4) is 5.82 Å². The Kier molecular flexibility index (Phi) is 5.42. The van der Waals surface area contributed by atoms with Gasteiger partial charge in [0.05, 0.1) is 18.4 Å². The lowest BCUT2D eigenvalue weighted by Gasteiger charge is -2.34. The molecule has 1 atom stereocenters. The summed E-state index contributed by atoms with van der Waals surface area (Å²) in [5, 5.41) is 16.1. The van der Waals surface area contributed by atoms with E-state index in [2.05, 4.69) is 39.4 Å². The normalized spacial score (nSPS) is 18.9. The molecule has 0 aromatic carbocycles. The highest BCUT2D eigenvalue weighted by molar-refractivity contribution is 5.36. The molecule has 7 nitrogen and oxygen atoms in total. The van der Waals surface area contributed by atoms with Crippen LogP contribution in [0.15, 0.2) is 24.4 Å². The van der Waals surface area contributed by atoms with Crippen LogP contribution in [0.4, 0.5) is 5.82 Å². The molecular formula is C17H26N6O. The van der Waals surface area contributed by atoms with Gasteiger partial charge in [0.2, 0.25) is 0 Å². The summed E-state index contributed by atoms with van der Waals surface area (Å²) in [7, 11) is 0. The molecule has 2 aromatic heterocycles. The van der Waals surface area contributed by atoms with E-state index in [0.717, 1.165) is 44.3 Å². The van der Waals surface area contributed by atoms with Gasteiger partial charge in [-0.05, 0) is 31.0 Å². The quantitative estimate of drug-likeness (QED) is 0.870. The number of hydrogen-bond acceptors (Lipinski definition) is 6. The molecule has 2 aromatic rings. The molecule has 0 aliphatic carbocycles. The van der Waals surface area contributed by atoms with E-state index in [1.54, 1.807) is 4.68 Å². The van der Waals surface area contributed by atoms with Crippen molar-refractivity contribution in [2.45, 2.75) is 26.9 Å². The van der Waals surface area contributed by atoms with E-state index in [1.807, 2.05) is 31.3 Å². The number of rotatable bonds is 6. The highest BCUT2D eigenvalue weighted by Crippen LogP contribution is 2.10. The van der Waals surface area contributed by atoms with E-state index in [0.29, 0.717) is 11.7 Å². The zero-order valence-electron chi connectivity index (χ0n) is 14.6. The van der Waals surface area contributed by atoms with Gasteiger partial charge in [-0.2, -0.15) is 5.10 Å². The van der Waals surface area contributed by atoms with Gasteiger partial charge in [-0.25, -0.2) is 4.68 Å². The Labute approximate surface area is 143 Å². The molecule has 3 rings (SSSR count). The summed E-state index contributed by atoms with van der Waals surface area (Å²) in [6, 6.07) is 5.78. The Morgan fingerprint density at radius 1 is 1.29 bits per heavy atom. The Bertz CT molecular complexity index is 639. The zero-order chi connectivity index (χ0) is 16.9. The lowest BCUT2D eigenvalue weighted by Crippen LogP contribution is -2.46. The number of hydrogen-bond donors (Lipinski definition) is 1. The van der Waals surface area contributed by atoms with Crippen molar-refractivity contribution in [2.75, 3.05) is 38.1 Å². The molecule has 24 heavy (non-hydrogen) atoms. The van der Waals surface area contributed by atoms with Gasteiger partial charge in [-0.3, -0.25) is 4.90 Å². The number of anilines is 1. The van der Waals surface area contributed by atoms with Gasteiger partial charge in [-0.1, -0.05) is 13.8 Å². The van der Waals surface area contributed by atoms with Crippen molar-refractivity contribution in [1.29, 1.82) is 0 Å². The lowest BCUT2D eigenvalue weighted by molar-refractivity contribution is -0.0244. The van der Waals surface area contributed by atoms with Crippen molar-refractivity contribution in [3.05, 3.63) is 30.1 Å². The third-order valence-electron chi connectivity index (χ3n) is 3.96. The van der Waals surface area contributed by atoms with Crippen molar-refractivity contribution >= 4 is 5.82 Å². The maximum Gasteiger partial charge on any atom is 0.175 e. The molecule has 1 unspecified atom stereocenters. The fourth-order valence-electron chi connectivity index (χ4n) is 2.89. The average molecular weight is 330 g/mol. The van der Waals surface area contributed by atoms with Crippen LogP contribution < -0.4 is 5.32 Å². The van der Waals surface area contributed by atoms with Gasteiger partial charge >= 0.3 is 0 Å². The predicted molar refractivity (Wildman–Crippen MR) is 93.4 cm³/mol. The van der Waals surface area contributed by atoms with Crippen LogP contribution >= 0.6 is 0 Å². The fourth-order valence-corrected chi connectivity index (χ4v) is 2.89. The van der Waals surface area contributed by atoms with Crippen LogP contribution in [0.1, 0.15) is 19.5 Å². The molecule has 7 heteroatoms. The minimum Gasteiger partial charge on any atom is -0.374 e. The minimum absolute atomic E-state index is 0.188. The molecule has 1 aliphatic rings. The Balaban J connectivity index is 1.51. The van der Waals surface area contributed by atoms with Gasteiger partial charge in [0.15, 0.2) is 5.82 Å². The van der Waals surface area contributed by atoms with E-state index in [1.165, 1.54) is 0 Å². The molecular weight excluding hydrogens is 304 g/mol. The number of ether oxygens (including phenoxy) is 1. The van der Waals surface area contributed by atoms with E-state index in [9.17, 15) is 0 Å². The van der Waals surface area contributed by atoms with E-state index < -0.39 is 0 Å². The second kappa shape index (κ2) is 7.72. The monoisotopic (exact) mass is 330 g/mol. The first kappa shape index (κ1) is 16.9. The molecule has 130 valence electrons. The molecule has 0 radical (unpaired) electrons. The van der Waals surface area contributed by atoms with Crippen molar-refractivity contribution in [2.24, 2.45) is 5.92 Å². The van der Waals surface area contributed by atoms with E-state index in [-0.39, 0.29) is 6.10 Å². The SMILES string of the molecule is Cc1ccn(-c2ccc(NCC3CN(CC(C)C)CCO3)nn2)n1. The largest absolute Gasteiger partial charge is 0.374 e. The summed E-state index contributed by atoms with van der Waals surface area (Å²) in [5.41, 5.74) is 0.958.